The fraction of sp³-hybridized carbons (Fsp3) is 0.136. The van der Waals surface area contributed by atoms with E-state index in [0.717, 1.165) is 11.3 Å². The Balaban J connectivity index is 1.67. The lowest BCUT2D eigenvalue weighted by Gasteiger charge is -2.14. The Kier molecular flexibility index (Phi) is 6.91. The van der Waals surface area contributed by atoms with Gasteiger partial charge in [-0.3, -0.25) is 4.72 Å². The molecule has 0 aliphatic carbocycles. The number of ether oxygens (including phenoxy) is 1. The Morgan fingerprint density at radius 3 is 2.33 bits per heavy atom. The summed E-state index contributed by atoms with van der Waals surface area (Å²) in [6, 6.07) is 21.5. The van der Waals surface area contributed by atoms with Gasteiger partial charge in [-0.15, -0.1) is 0 Å². The van der Waals surface area contributed by atoms with E-state index in [1.165, 1.54) is 0 Å². The molecule has 30 heavy (non-hydrogen) atoms. The number of thiocarbonyl (C=S) groups is 1. The molecule has 0 radical (unpaired) electrons. The molecule has 0 fully saturated rings. The Hall–Kier alpha value is -3.10. The van der Waals surface area contributed by atoms with Gasteiger partial charge in [-0.2, -0.15) is 0 Å². The second-order valence-corrected chi connectivity index (χ2v) is 8.67. The molecule has 0 atom stereocenters. The van der Waals surface area contributed by atoms with E-state index in [4.69, 9.17) is 17.0 Å². The first-order chi connectivity index (χ1) is 14.4. The number of hydrogen-bond donors (Lipinski definition) is 3. The Labute approximate surface area is 182 Å². The smallest absolute Gasteiger partial charge is 0.262 e. The van der Waals surface area contributed by atoms with E-state index in [-0.39, 0.29) is 4.90 Å². The van der Waals surface area contributed by atoms with Gasteiger partial charge in [0.25, 0.3) is 10.0 Å². The van der Waals surface area contributed by atoms with Crippen molar-refractivity contribution in [3.63, 3.8) is 0 Å². The highest BCUT2D eigenvalue weighted by Gasteiger charge is 2.18. The average Bonchev–Trinajstić information content (AvgIpc) is 2.74. The highest BCUT2D eigenvalue weighted by atomic mass is 32.2. The average molecular weight is 442 g/mol. The maximum atomic E-state index is 12.8. The molecule has 0 heterocycles. The number of para-hydroxylation sites is 1. The summed E-state index contributed by atoms with van der Waals surface area (Å²) in [6.07, 6.45) is 0. The predicted octanol–water partition coefficient (Wildman–Crippen LogP) is 4.29. The van der Waals surface area contributed by atoms with Crippen LogP contribution >= 0.6 is 12.2 Å². The van der Waals surface area contributed by atoms with E-state index in [9.17, 15) is 8.42 Å². The SMILES string of the molecule is COc1ccc(CNC(=S)Nc2ccc(C)c(S(=O)(=O)Nc3ccccc3)c2)cc1. The highest BCUT2D eigenvalue weighted by molar-refractivity contribution is 7.92. The van der Waals surface area contributed by atoms with Crippen molar-refractivity contribution in [2.45, 2.75) is 18.4 Å². The van der Waals surface area contributed by atoms with Crippen molar-refractivity contribution in [1.29, 1.82) is 0 Å². The van der Waals surface area contributed by atoms with Crippen LogP contribution in [0.3, 0.4) is 0 Å². The standard InChI is InChI=1S/C22H23N3O3S2/c1-16-8-11-19(14-21(16)30(26,27)25-18-6-4-3-5-7-18)24-22(29)23-15-17-9-12-20(28-2)13-10-17/h3-14,25H,15H2,1-2H3,(H2,23,24,29). The topological polar surface area (TPSA) is 79.5 Å². The summed E-state index contributed by atoms with van der Waals surface area (Å²) in [4.78, 5) is 0.189. The number of aryl methyl sites for hydroxylation is 1. The van der Waals surface area contributed by atoms with Gasteiger partial charge in [0.15, 0.2) is 5.11 Å². The van der Waals surface area contributed by atoms with Crippen LogP contribution in [0.1, 0.15) is 11.1 Å². The fourth-order valence-electron chi connectivity index (χ4n) is 2.78. The predicted molar refractivity (Wildman–Crippen MR) is 124 cm³/mol. The van der Waals surface area contributed by atoms with Crippen LogP contribution in [0.25, 0.3) is 0 Å². The fourth-order valence-corrected chi connectivity index (χ4v) is 4.31. The van der Waals surface area contributed by atoms with Gasteiger partial charge < -0.3 is 15.4 Å². The molecular weight excluding hydrogens is 418 g/mol. The first-order valence-corrected chi connectivity index (χ1v) is 11.1. The van der Waals surface area contributed by atoms with Crippen LogP contribution in [0.15, 0.2) is 77.7 Å². The summed E-state index contributed by atoms with van der Waals surface area (Å²) in [5, 5.41) is 6.55. The van der Waals surface area contributed by atoms with Crippen LogP contribution < -0.4 is 20.1 Å². The van der Waals surface area contributed by atoms with Gasteiger partial charge in [-0.05, 0) is 66.7 Å². The van der Waals surface area contributed by atoms with E-state index in [0.29, 0.717) is 28.6 Å². The summed E-state index contributed by atoms with van der Waals surface area (Å²) in [7, 11) is -2.11. The quantitative estimate of drug-likeness (QED) is 0.475. The van der Waals surface area contributed by atoms with Crippen molar-refractivity contribution < 1.29 is 13.2 Å². The molecule has 0 saturated heterocycles. The summed E-state index contributed by atoms with van der Waals surface area (Å²) in [5.74, 6) is 0.789. The van der Waals surface area contributed by atoms with Crippen LogP contribution in [-0.4, -0.2) is 20.6 Å². The molecule has 0 saturated carbocycles. The summed E-state index contributed by atoms with van der Waals surface area (Å²) >= 11 is 5.35. The van der Waals surface area contributed by atoms with E-state index in [1.54, 1.807) is 56.5 Å². The molecule has 3 N–H and O–H groups in total. The largest absolute Gasteiger partial charge is 0.497 e. The summed E-state index contributed by atoms with van der Waals surface area (Å²) in [6.45, 7) is 2.28. The maximum Gasteiger partial charge on any atom is 0.262 e. The first kappa shape index (κ1) is 21.6. The van der Waals surface area contributed by atoms with Crippen molar-refractivity contribution in [1.82, 2.24) is 5.32 Å². The minimum Gasteiger partial charge on any atom is -0.497 e. The molecule has 6 nitrogen and oxygen atoms in total. The lowest BCUT2D eigenvalue weighted by molar-refractivity contribution is 0.414. The lowest BCUT2D eigenvalue weighted by Crippen LogP contribution is -2.28. The number of rotatable bonds is 7. The van der Waals surface area contributed by atoms with Gasteiger partial charge in [-0.1, -0.05) is 36.4 Å². The highest BCUT2D eigenvalue weighted by Crippen LogP contribution is 2.23. The first-order valence-electron chi connectivity index (χ1n) is 9.24. The number of hydrogen-bond acceptors (Lipinski definition) is 4. The second-order valence-electron chi connectivity index (χ2n) is 6.61. The Morgan fingerprint density at radius 1 is 0.967 bits per heavy atom. The lowest BCUT2D eigenvalue weighted by atomic mass is 10.2. The maximum absolute atomic E-state index is 12.8. The van der Waals surface area contributed by atoms with Gasteiger partial charge in [0.2, 0.25) is 0 Å². The monoisotopic (exact) mass is 441 g/mol. The number of benzene rings is 3. The van der Waals surface area contributed by atoms with Crippen LogP contribution in [0.5, 0.6) is 5.75 Å². The molecule has 156 valence electrons. The van der Waals surface area contributed by atoms with Gasteiger partial charge >= 0.3 is 0 Å². The second kappa shape index (κ2) is 9.60. The molecular formula is C22H23N3O3S2. The molecule has 0 amide bonds. The van der Waals surface area contributed by atoms with Crippen molar-refractivity contribution in [2.24, 2.45) is 0 Å². The molecule has 3 aromatic rings. The minimum absolute atomic E-state index is 0.189. The third-order valence-electron chi connectivity index (χ3n) is 4.37. The van der Waals surface area contributed by atoms with Gasteiger partial charge in [-0.25, -0.2) is 8.42 Å². The third-order valence-corrected chi connectivity index (χ3v) is 6.14. The number of methoxy groups -OCH3 is 1. The van der Waals surface area contributed by atoms with Crippen LogP contribution in [-0.2, 0) is 16.6 Å². The van der Waals surface area contributed by atoms with Crippen molar-refractivity contribution >= 4 is 38.7 Å². The van der Waals surface area contributed by atoms with Crippen molar-refractivity contribution in [3.8, 4) is 5.75 Å². The van der Waals surface area contributed by atoms with Crippen LogP contribution in [0.2, 0.25) is 0 Å². The normalized spacial score (nSPS) is 10.9. The molecule has 0 aromatic heterocycles. The van der Waals surface area contributed by atoms with E-state index in [2.05, 4.69) is 15.4 Å². The number of sulfonamides is 1. The zero-order valence-corrected chi connectivity index (χ0v) is 18.3. The molecule has 0 unspecified atom stereocenters. The van der Waals surface area contributed by atoms with Gasteiger partial charge in [0, 0.05) is 17.9 Å². The molecule has 0 aliphatic rings. The van der Waals surface area contributed by atoms with Crippen molar-refractivity contribution in [3.05, 3.63) is 83.9 Å². The molecule has 0 spiro atoms. The van der Waals surface area contributed by atoms with E-state index < -0.39 is 10.0 Å². The molecule has 8 heteroatoms. The molecule has 0 aliphatic heterocycles. The zero-order valence-electron chi connectivity index (χ0n) is 16.7. The molecule has 0 bridgehead atoms. The van der Waals surface area contributed by atoms with E-state index in [1.807, 2.05) is 30.3 Å². The zero-order chi connectivity index (χ0) is 21.6. The van der Waals surface area contributed by atoms with Crippen molar-refractivity contribution in [2.75, 3.05) is 17.1 Å². The number of nitrogens with one attached hydrogen (secondary N) is 3. The third kappa shape index (κ3) is 5.71. The van der Waals surface area contributed by atoms with Gasteiger partial charge in [0.05, 0.1) is 12.0 Å². The van der Waals surface area contributed by atoms with Gasteiger partial charge in [0.1, 0.15) is 5.75 Å². The summed E-state index contributed by atoms with van der Waals surface area (Å²) < 4.78 is 33.4. The van der Waals surface area contributed by atoms with Crippen LogP contribution in [0.4, 0.5) is 11.4 Å². The van der Waals surface area contributed by atoms with E-state index >= 15 is 0 Å². The Morgan fingerprint density at radius 2 is 1.67 bits per heavy atom. The number of anilines is 2. The Bertz CT molecular complexity index is 1120. The molecule has 3 aromatic carbocycles. The minimum atomic E-state index is -3.73. The summed E-state index contributed by atoms with van der Waals surface area (Å²) in [5.41, 5.74) is 2.77. The molecule has 3 rings (SSSR count). The van der Waals surface area contributed by atoms with Crippen LogP contribution in [0, 0.1) is 6.92 Å².